The Morgan fingerprint density at radius 3 is 2.65 bits per heavy atom. The van der Waals surface area contributed by atoms with Crippen molar-refractivity contribution in [2.75, 3.05) is 18.0 Å². The SMILES string of the molecule is CC(C)C1CN(c2ccccc2SC(F)F)C(C)CN1. The molecule has 1 saturated heterocycles. The Morgan fingerprint density at radius 2 is 2.00 bits per heavy atom. The van der Waals surface area contributed by atoms with Gasteiger partial charge in [-0.3, -0.25) is 0 Å². The molecule has 1 aliphatic heterocycles. The molecule has 1 aromatic rings. The summed E-state index contributed by atoms with van der Waals surface area (Å²) in [6, 6.07) is 8.18. The molecule has 2 atom stereocenters. The Morgan fingerprint density at radius 1 is 1.30 bits per heavy atom. The van der Waals surface area contributed by atoms with E-state index in [0.717, 1.165) is 18.8 Å². The first-order valence-corrected chi connectivity index (χ1v) is 7.91. The van der Waals surface area contributed by atoms with Crippen molar-refractivity contribution in [1.82, 2.24) is 5.32 Å². The van der Waals surface area contributed by atoms with E-state index in [4.69, 9.17) is 0 Å². The molecule has 2 rings (SSSR count). The fourth-order valence-corrected chi connectivity index (χ4v) is 3.22. The Hall–Kier alpha value is -0.810. The van der Waals surface area contributed by atoms with Gasteiger partial charge >= 0.3 is 0 Å². The first-order chi connectivity index (χ1) is 9.49. The number of alkyl halides is 2. The van der Waals surface area contributed by atoms with Gasteiger partial charge in [-0.15, -0.1) is 0 Å². The van der Waals surface area contributed by atoms with Gasteiger partial charge in [0.25, 0.3) is 5.76 Å². The van der Waals surface area contributed by atoms with Crippen LogP contribution in [0.3, 0.4) is 0 Å². The van der Waals surface area contributed by atoms with Crippen LogP contribution >= 0.6 is 11.8 Å². The Balaban J connectivity index is 2.24. The monoisotopic (exact) mass is 300 g/mol. The highest BCUT2D eigenvalue weighted by atomic mass is 32.2. The van der Waals surface area contributed by atoms with Crippen molar-refractivity contribution in [3.63, 3.8) is 0 Å². The molecule has 2 nitrogen and oxygen atoms in total. The van der Waals surface area contributed by atoms with Crippen LogP contribution in [0.25, 0.3) is 0 Å². The normalized spacial score (nSPS) is 23.6. The number of para-hydroxylation sites is 1. The number of hydrogen-bond donors (Lipinski definition) is 1. The van der Waals surface area contributed by atoms with Crippen LogP contribution < -0.4 is 10.2 Å². The van der Waals surface area contributed by atoms with E-state index >= 15 is 0 Å². The highest BCUT2D eigenvalue weighted by molar-refractivity contribution is 7.99. The van der Waals surface area contributed by atoms with Crippen molar-refractivity contribution in [3.05, 3.63) is 24.3 Å². The molecule has 1 aliphatic rings. The van der Waals surface area contributed by atoms with Gasteiger partial charge in [0.2, 0.25) is 0 Å². The number of anilines is 1. The summed E-state index contributed by atoms with van der Waals surface area (Å²) in [4.78, 5) is 2.92. The molecule has 0 aliphatic carbocycles. The third kappa shape index (κ3) is 3.64. The predicted molar refractivity (Wildman–Crippen MR) is 81.7 cm³/mol. The van der Waals surface area contributed by atoms with E-state index in [1.807, 2.05) is 18.2 Å². The summed E-state index contributed by atoms with van der Waals surface area (Å²) in [5, 5.41) is 3.53. The van der Waals surface area contributed by atoms with Gasteiger partial charge in [-0.05, 0) is 25.0 Å². The zero-order chi connectivity index (χ0) is 14.7. The lowest BCUT2D eigenvalue weighted by atomic mass is 9.99. The molecule has 20 heavy (non-hydrogen) atoms. The fourth-order valence-electron chi connectivity index (χ4n) is 2.56. The highest BCUT2D eigenvalue weighted by Gasteiger charge is 2.28. The molecule has 1 aromatic carbocycles. The second kappa shape index (κ2) is 6.76. The fraction of sp³-hybridized carbons (Fsp3) is 0.600. The minimum absolute atomic E-state index is 0.310. The van der Waals surface area contributed by atoms with E-state index in [9.17, 15) is 8.78 Å². The number of rotatable bonds is 4. The summed E-state index contributed by atoms with van der Waals surface area (Å²) in [6.45, 7) is 8.25. The van der Waals surface area contributed by atoms with Gasteiger partial charge in [-0.2, -0.15) is 8.78 Å². The second-order valence-corrected chi connectivity index (χ2v) is 6.64. The van der Waals surface area contributed by atoms with Gasteiger partial charge in [-0.25, -0.2) is 0 Å². The van der Waals surface area contributed by atoms with E-state index in [0.29, 0.717) is 34.7 Å². The number of nitrogens with one attached hydrogen (secondary N) is 1. The topological polar surface area (TPSA) is 15.3 Å². The molecule has 1 heterocycles. The Kier molecular flexibility index (Phi) is 5.27. The maximum Gasteiger partial charge on any atom is 0.288 e. The van der Waals surface area contributed by atoms with Gasteiger partial charge < -0.3 is 10.2 Å². The summed E-state index contributed by atoms with van der Waals surface area (Å²) in [5.41, 5.74) is 0.928. The van der Waals surface area contributed by atoms with Gasteiger partial charge in [0.05, 0.1) is 5.69 Å². The molecule has 0 amide bonds. The maximum atomic E-state index is 12.7. The van der Waals surface area contributed by atoms with Crippen LogP contribution in [0.1, 0.15) is 20.8 Å². The quantitative estimate of drug-likeness (QED) is 0.851. The number of hydrogen-bond acceptors (Lipinski definition) is 3. The van der Waals surface area contributed by atoms with Crippen molar-refractivity contribution >= 4 is 17.4 Å². The Bertz CT molecular complexity index is 440. The van der Waals surface area contributed by atoms with Crippen LogP contribution in [0.4, 0.5) is 14.5 Å². The van der Waals surface area contributed by atoms with Crippen molar-refractivity contribution < 1.29 is 8.78 Å². The molecule has 1 N–H and O–H groups in total. The van der Waals surface area contributed by atoms with Gasteiger partial charge in [0.1, 0.15) is 0 Å². The van der Waals surface area contributed by atoms with E-state index < -0.39 is 5.76 Å². The minimum Gasteiger partial charge on any atom is -0.365 e. The first kappa shape index (κ1) is 15.6. The molecule has 2 unspecified atom stereocenters. The third-order valence-corrected chi connectivity index (χ3v) is 4.57. The van der Waals surface area contributed by atoms with Gasteiger partial charge in [0.15, 0.2) is 0 Å². The van der Waals surface area contributed by atoms with Crippen molar-refractivity contribution in [2.24, 2.45) is 5.92 Å². The Labute approximate surface area is 123 Å². The first-order valence-electron chi connectivity index (χ1n) is 7.03. The number of halogens is 2. The van der Waals surface area contributed by atoms with Crippen LogP contribution in [0.15, 0.2) is 29.2 Å². The molecule has 0 spiro atoms. The average molecular weight is 300 g/mol. The van der Waals surface area contributed by atoms with Crippen LogP contribution in [0.5, 0.6) is 0 Å². The van der Waals surface area contributed by atoms with Crippen LogP contribution in [-0.4, -0.2) is 30.9 Å². The molecule has 0 aromatic heterocycles. The summed E-state index contributed by atoms with van der Waals surface area (Å²) < 4.78 is 25.4. The second-order valence-electron chi connectivity index (χ2n) is 5.61. The zero-order valence-electron chi connectivity index (χ0n) is 12.1. The average Bonchev–Trinajstić information content (AvgIpc) is 2.39. The van der Waals surface area contributed by atoms with Crippen molar-refractivity contribution in [1.29, 1.82) is 0 Å². The largest absolute Gasteiger partial charge is 0.365 e. The number of nitrogens with zero attached hydrogens (tertiary/aromatic N) is 1. The summed E-state index contributed by atoms with van der Waals surface area (Å²) >= 11 is 0.635. The molecular weight excluding hydrogens is 278 g/mol. The molecule has 5 heteroatoms. The number of piperazine rings is 1. The van der Waals surface area contributed by atoms with Crippen LogP contribution in [-0.2, 0) is 0 Å². The lowest BCUT2D eigenvalue weighted by molar-refractivity contribution is 0.252. The lowest BCUT2D eigenvalue weighted by Gasteiger charge is -2.42. The van der Waals surface area contributed by atoms with E-state index in [1.54, 1.807) is 6.07 Å². The third-order valence-electron chi connectivity index (χ3n) is 3.80. The summed E-state index contributed by atoms with van der Waals surface area (Å²) in [7, 11) is 0. The molecule has 112 valence electrons. The summed E-state index contributed by atoms with van der Waals surface area (Å²) in [5.74, 6) is -1.85. The lowest BCUT2D eigenvalue weighted by Crippen LogP contribution is -2.57. The predicted octanol–water partition coefficient (Wildman–Crippen LogP) is 3.82. The number of thioether (sulfide) groups is 1. The summed E-state index contributed by atoms with van der Waals surface area (Å²) in [6.07, 6.45) is 0. The van der Waals surface area contributed by atoms with Crippen molar-refractivity contribution in [2.45, 2.75) is 43.5 Å². The molecule has 0 radical (unpaired) electrons. The molecule has 0 bridgehead atoms. The smallest absolute Gasteiger partial charge is 0.288 e. The zero-order valence-corrected chi connectivity index (χ0v) is 13.0. The standard InChI is InChI=1S/C15H22F2N2S/c1-10(2)12-9-19(11(3)8-18-12)13-6-4-5-7-14(13)20-15(16)17/h4-7,10-12,15,18H,8-9H2,1-3H3. The highest BCUT2D eigenvalue weighted by Crippen LogP contribution is 2.35. The van der Waals surface area contributed by atoms with Gasteiger partial charge in [-0.1, -0.05) is 37.7 Å². The van der Waals surface area contributed by atoms with E-state index in [2.05, 4.69) is 31.0 Å². The molecular formula is C15H22F2N2S. The molecule has 0 saturated carbocycles. The van der Waals surface area contributed by atoms with E-state index in [-0.39, 0.29) is 0 Å². The minimum atomic E-state index is -2.38. The number of benzene rings is 1. The van der Waals surface area contributed by atoms with Crippen LogP contribution in [0, 0.1) is 5.92 Å². The van der Waals surface area contributed by atoms with Crippen LogP contribution in [0.2, 0.25) is 0 Å². The maximum absolute atomic E-state index is 12.7. The van der Waals surface area contributed by atoms with Crippen molar-refractivity contribution in [3.8, 4) is 0 Å². The molecule has 1 fully saturated rings. The van der Waals surface area contributed by atoms with Gasteiger partial charge in [0, 0.05) is 30.1 Å². The van der Waals surface area contributed by atoms with E-state index in [1.165, 1.54) is 0 Å².